The summed E-state index contributed by atoms with van der Waals surface area (Å²) in [7, 11) is 2.08. The van der Waals surface area contributed by atoms with Gasteiger partial charge in [0, 0.05) is 0 Å². The van der Waals surface area contributed by atoms with Crippen LogP contribution in [0.3, 0.4) is 0 Å². The maximum Gasteiger partial charge on any atom is 0.182 e. The van der Waals surface area contributed by atoms with E-state index in [1.54, 1.807) is 0 Å². The molecule has 0 bridgehead atoms. The highest BCUT2D eigenvalue weighted by atomic mass is 14.8. The summed E-state index contributed by atoms with van der Waals surface area (Å²) in [4.78, 5) is 0. The molecular weight excluding hydrogens is 133 g/mol. The Hall–Kier alpha value is 0.0249. The Balaban J connectivity index is 2.24. The zero-order valence-electron chi connectivity index (χ0n) is 8.06. The minimum Gasteiger partial charge on any atom is -0.359 e. The van der Waals surface area contributed by atoms with Crippen LogP contribution >= 0.6 is 0 Å². The van der Waals surface area contributed by atoms with Crippen molar-refractivity contribution < 1.29 is 0 Å². The molecule has 0 heterocycles. The van der Waals surface area contributed by atoms with Crippen molar-refractivity contribution in [1.29, 1.82) is 0 Å². The first kappa shape index (κ1) is 9.12. The summed E-state index contributed by atoms with van der Waals surface area (Å²) >= 11 is 0. The Morgan fingerprint density at radius 2 is 1.73 bits per heavy atom. The molecule has 0 saturated heterocycles. The largest absolute Gasteiger partial charge is 0.359 e. The van der Waals surface area contributed by atoms with Crippen LogP contribution in [0.25, 0.3) is 0 Å². The molecule has 0 amide bonds. The lowest BCUT2D eigenvalue weighted by molar-refractivity contribution is 0.253. The summed E-state index contributed by atoms with van der Waals surface area (Å²) < 4.78 is 0. The molecule has 0 atom stereocenters. The Morgan fingerprint density at radius 1 is 1.18 bits per heavy atom. The van der Waals surface area contributed by atoms with E-state index in [-0.39, 0.29) is 0 Å². The first-order valence-corrected chi connectivity index (χ1v) is 4.91. The van der Waals surface area contributed by atoms with Crippen molar-refractivity contribution in [3.8, 4) is 0 Å². The van der Waals surface area contributed by atoms with E-state index in [1.807, 2.05) is 0 Å². The average molecular weight is 153 g/mol. The summed E-state index contributed by atoms with van der Waals surface area (Å²) in [6.45, 7) is 4.70. The molecule has 0 unspecified atom stereocenters. The summed E-state index contributed by atoms with van der Waals surface area (Å²) in [5, 5.41) is 3.36. The Morgan fingerprint density at radius 3 is 2.09 bits per heavy atom. The standard InChI is InChI=1S/C9H20BN/c1-7(2)8-3-5-9(11-10)6-4-8/h7-9,11H,3-6,10H2,1-2H3. The van der Waals surface area contributed by atoms with Crippen molar-refractivity contribution in [2.45, 2.75) is 45.6 Å². The van der Waals surface area contributed by atoms with Gasteiger partial charge < -0.3 is 5.23 Å². The zero-order chi connectivity index (χ0) is 8.27. The van der Waals surface area contributed by atoms with Gasteiger partial charge in [0.1, 0.15) is 0 Å². The zero-order valence-corrected chi connectivity index (χ0v) is 8.06. The van der Waals surface area contributed by atoms with Gasteiger partial charge >= 0.3 is 0 Å². The normalized spacial score (nSPS) is 32.6. The molecule has 0 spiro atoms. The third-order valence-corrected chi connectivity index (χ3v) is 3.12. The van der Waals surface area contributed by atoms with E-state index in [9.17, 15) is 0 Å². The van der Waals surface area contributed by atoms with Gasteiger partial charge in [0.05, 0.1) is 0 Å². The summed E-state index contributed by atoms with van der Waals surface area (Å²) in [5.74, 6) is 1.90. The highest BCUT2D eigenvalue weighted by molar-refractivity contribution is 6.04. The maximum absolute atomic E-state index is 3.36. The Kier molecular flexibility index (Phi) is 3.44. The van der Waals surface area contributed by atoms with Gasteiger partial charge in [-0.05, 0) is 43.6 Å². The second-order valence-corrected chi connectivity index (χ2v) is 4.14. The lowest BCUT2D eigenvalue weighted by Gasteiger charge is -2.30. The predicted octanol–water partition coefficient (Wildman–Crippen LogP) is 1.34. The predicted molar refractivity (Wildman–Crippen MR) is 52.3 cm³/mol. The van der Waals surface area contributed by atoms with E-state index in [4.69, 9.17) is 0 Å². The fraction of sp³-hybridized carbons (Fsp3) is 1.00. The molecule has 1 aliphatic carbocycles. The SMILES string of the molecule is BNC1CCC(C(C)C)CC1. The summed E-state index contributed by atoms with van der Waals surface area (Å²) in [6.07, 6.45) is 5.64. The van der Waals surface area contributed by atoms with E-state index in [1.165, 1.54) is 25.7 Å². The van der Waals surface area contributed by atoms with Gasteiger partial charge in [-0.15, -0.1) is 0 Å². The van der Waals surface area contributed by atoms with Crippen LogP contribution in [0.2, 0.25) is 0 Å². The fourth-order valence-electron chi connectivity index (χ4n) is 2.07. The van der Waals surface area contributed by atoms with Crippen LogP contribution in [-0.4, -0.2) is 14.0 Å². The van der Waals surface area contributed by atoms with Gasteiger partial charge in [-0.25, -0.2) is 0 Å². The molecule has 0 aromatic heterocycles. The van der Waals surface area contributed by atoms with Crippen LogP contribution < -0.4 is 5.23 Å². The van der Waals surface area contributed by atoms with Gasteiger partial charge in [0.15, 0.2) is 7.98 Å². The van der Waals surface area contributed by atoms with Crippen LogP contribution in [-0.2, 0) is 0 Å². The molecule has 0 aromatic rings. The molecular formula is C9H20BN. The molecule has 2 heteroatoms. The number of hydrogen-bond donors (Lipinski definition) is 1. The smallest absolute Gasteiger partial charge is 0.182 e. The van der Waals surface area contributed by atoms with E-state index >= 15 is 0 Å². The lowest BCUT2D eigenvalue weighted by atomic mass is 9.79. The minimum absolute atomic E-state index is 0.810. The van der Waals surface area contributed by atoms with Crippen molar-refractivity contribution in [2.75, 3.05) is 0 Å². The second kappa shape index (κ2) is 4.15. The van der Waals surface area contributed by atoms with Gasteiger partial charge in [0.25, 0.3) is 0 Å². The monoisotopic (exact) mass is 153 g/mol. The van der Waals surface area contributed by atoms with E-state index < -0.39 is 0 Å². The third-order valence-electron chi connectivity index (χ3n) is 3.12. The molecule has 0 aliphatic heterocycles. The van der Waals surface area contributed by atoms with Gasteiger partial charge in [-0.3, -0.25) is 0 Å². The van der Waals surface area contributed by atoms with Crippen LogP contribution in [0.15, 0.2) is 0 Å². The third kappa shape index (κ3) is 2.51. The van der Waals surface area contributed by atoms with E-state index in [0.717, 1.165) is 17.9 Å². The molecule has 1 N–H and O–H groups in total. The van der Waals surface area contributed by atoms with Crippen molar-refractivity contribution >= 4 is 7.98 Å². The van der Waals surface area contributed by atoms with Crippen LogP contribution in [0.5, 0.6) is 0 Å². The van der Waals surface area contributed by atoms with Crippen molar-refractivity contribution in [3.05, 3.63) is 0 Å². The van der Waals surface area contributed by atoms with Gasteiger partial charge in [-0.1, -0.05) is 13.8 Å². The van der Waals surface area contributed by atoms with Crippen LogP contribution in [0, 0.1) is 11.8 Å². The minimum atomic E-state index is 0.810. The van der Waals surface area contributed by atoms with Gasteiger partial charge in [0.2, 0.25) is 0 Å². The molecule has 1 aliphatic rings. The first-order chi connectivity index (χ1) is 5.24. The highest BCUT2D eigenvalue weighted by Crippen LogP contribution is 2.29. The molecule has 1 fully saturated rings. The summed E-state index contributed by atoms with van der Waals surface area (Å²) in [6, 6.07) is 0.810. The molecule has 0 aromatic carbocycles. The molecule has 64 valence electrons. The topological polar surface area (TPSA) is 12.0 Å². The van der Waals surface area contributed by atoms with Crippen LogP contribution in [0.1, 0.15) is 39.5 Å². The molecule has 0 radical (unpaired) electrons. The highest BCUT2D eigenvalue weighted by Gasteiger charge is 2.21. The number of hydrogen-bond acceptors (Lipinski definition) is 1. The molecule has 11 heavy (non-hydrogen) atoms. The van der Waals surface area contributed by atoms with Gasteiger partial charge in [-0.2, -0.15) is 0 Å². The Labute approximate surface area is 71.4 Å². The lowest BCUT2D eigenvalue weighted by Crippen LogP contribution is -2.32. The van der Waals surface area contributed by atoms with Crippen molar-refractivity contribution in [3.63, 3.8) is 0 Å². The maximum atomic E-state index is 3.36. The van der Waals surface area contributed by atoms with Crippen molar-refractivity contribution in [1.82, 2.24) is 5.23 Å². The molecule has 1 rings (SSSR count). The quantitative estimate of drug-likeness (QED) is 0.590. The number of nitrogens with one attached hydrogen (secondary N) is 1. The van der Waals surface area contributed by atoms with Crippen molar-refractivity contribution in [2.24, 2.45) is 11.8 Å². The Bertz CT molecular complexity index is 106. The van der Waals surface area contributed by atoms with Crippen LogP contribution in [0.4, 0.5) is 0 Å². The number of rotatable bonds is 2. The molecule has 1 saturated carbocycles. The summed E-state index contributed by atoms with van der Waals surface area (Å²) in [5.41, 5.74) is 0. The fourth-order valence-corrected chi connectivity index (χ4v) is 2.07. The first-order valence-electron chi connectivity index (χ1n) is 4.91. The van der Waals surface area contributed by atoms with E-state index in [0.29, 0.717) is 0 Å². The average Bonchev–Trinajstić information content (AvgIpc) is 2.05. The molecule has 1 nitrogen and oxygen atoms in total. The van der Waals surface area contributed by atoms with E-state index in [2.05, 4.69) is 27.1 Å². The second-order valence-electron chi connectivity index (χ2n) is 4.14.